The second-order valence-corrected chi connectivity index (χ2v) is 7.92. The van der Waals surface area contributed by atoms with Crippen LogP contribution in [0.2, 0.25) is 0 Å². The summed E-state index contributed by atoms with van der Waals surface area (Å²) in [4.78, 5) is 42.9. The van der Waals surface area contributed by atoms with Gasteiger partial charge in [-0.15, -0.1) is 0 Å². The van der Waals surface area contributed by atoms with E-state index in [0.29, 0.717) is 24.1 Å². The average Bonchev–Trinajstić information content (AvgIpc) is 3.19. The molecule has 2 heterocycles. The number of carbonyl (C=O) groups is 3. The second kappa shape index (κ2) is 8.71. The topological polar surface area (TPSA) is 84.3 Å². The molecule has 1 aliphatic heterocycles. The molecule has 1 N–H and O–H groups in total. The Morgan fingerprint density at radius 2 is 1.74 bits per heavy atom. The van der Waals surface area contributed by atoms with E-state index in [1.54, 1.807) is 12.1 Å². The number of hydrogen-bond donors (Lipinski definition) is 1. The van der Waals surface area contributed by atoms with Crippen LogP contribution in [0.4, 0.5) is 0 Å². The molecule has 4 rings (SSSR count). The van der Waals surface area contributed by atoms with E-state index in [2.05, 4.69) is 20.9 Å². The number of imide groups is 1. The van der Waals surface area contributed by atoms with Crippen molar-refractivity contribution in [1.29, 1.82) is 0 Å². The van der Waals surface area contributed by atoms with Crippen LogP contribution < -0.4 is 5.32 Å². The standard InChI is InChI=1S/C24H26N4O3/c1-16-10-11-18-19(15-16)24(31)28(23(18)30)13-5-9-22(29)25-12-6-14-27-17(2)26-20-7-3-4-8-21(20)27/h3-4,7-8,10-11,15H,5-6,9,12-14H2,1-2H3,(H,25,29). The Bertz CT molecular complexity index is 1160. The zero-order valence-electron chi connectivity index (χ0n) is 17.9. The minimum atomic E-state index is -0.275. The molecule has 0 atom stereocenters. The number of carbonyl (C=O) groups excluding carboxylic acids is 3. The lowest BCUT2D eigenvalue weighted by molar-refractivity contribution is -0.121. The van der Waals surface area contributed by atoms with Crippen molar-refractivity contribution < 1.29 is 14.4 Å². The second-order valence-electron chi connectivity index (χ2n) is 7.92. The number of amides is 3. The molecule has 0 saturated heterocycles. The summed E-state index contributed by atoms with van der Waals surface area (Å²) in [5.74, 6) is 0.346. The molecular formula is C24H26N4O3. The van der Waals surface area contributed by atoms with Gasteiger partial charge in [0.05, 0.1) is 22.2 Å². The highest BCUT2D eigenvalue weighted by Gasteiger charge is 2.34. The maximum absolute atomic E-state index is 12.5. The van der Waals surface area contributed by atoms with Crippen molar-refractivity contribution in [3.8, 4) is 0 Å². The van der Waals surface area contributed by atoms with Crippen molar-refractivity contribution >= 4 is 28.8 Å². The third-order valence-electron chi connectivity index (χ3n) is 5.64. The van der Waals surface area contributed by atoms with Crippen LogP contribution in [0.3, 0.4) is 0 Å². The summed E-state index contributed by atoms with van der Waals surface area (Å²) < 4.78 is 2.16. The molecule has 0 unspecified atom stereocenters. The SMILES string of the molecule is Cc1ccc2c(c1)C(=O)N(CCCC(=O)NCCCn1c(C)nc3ccccc31)C2=O. The molecule has 3 aromatic rings. The number of imidazole rings is 1. The van der Waals surface area contributed by atoms with Crippen molar-refractivity contribution in [3.63, 3.8) is 0 Å². The normalized spacial score (nSPS) is 13.2. The van der Waals surface area contributed by atoms with Gasteiger partial charge in [0.2, 0.25) is 5.91 Å². The number of nitrogens with one attached hydrogen (secondary N) is 1. The smallest absolute Gasteiger partial charge is 0.261 e. The number of para-hydroxylation sites is 2. The fraction of sp³-hybridized carbons (Fsp3) is 0.333. The van der Waals surface area contributed by atoms with Gasteiger partial charge in [0.15, 0.2) is 0 Å². The van der Waals surface area contributed by atoms with Crippen LogP contribution in [0.5, 0.6) is 0 Å². The lowest BCUT2D eigenvalue weighted by atomic mass is 10.1. The summed E-state index contributed by atoms with van der Waals surface area (Å²) in [7, 11) is 0. The Labute approximate surface area is 181 Å². The molecule has 1 aliphatic rings. The van der Waals surface area contributed by atoms with E-state index < -0.39 is 0 Å². The predicted octanol–water partition coefficient (Wildman–Crippen LogP) is 3.24. The van der Waals surface area contributed by atoms with E-state index in [9.17, 15) is 14.4 Å². The fourth-order valence-electron chi connectivity index (χ4n) is 4.04. The van der Waals surface area contributed by atoms with Gasteiger partial charge in [-0.1, -0.05) is 23.8 Å². The number of fused-ring (bicyclic) bond motifs is 2. The predicted molar refractivity (Wildman–Crippen MR) is 118 cm³/mol. The Balaban J connectivity index is 1.20. The number of aryl methyl sites for hydroxylation is 3. The van der Waals surface area contributed by atoms with E-state index in [-0.39, 0.29) is 30.7 Å². The summed E-state index contributed by atoms with van der Waals surface area (Å²) in [6, 6.07) is 13.3. The number of hydrogen-bond acceptors (Lipinski definition) is 4. The van der Waals surface area contributed by atoms with E-state index in [1.807, 2.05) is 38.1 Å². The first kappa shape index (κ1) is 20.8. The van der Waals surface area contributed by atoms with Gasteiger partial charge in [-0.25, -0.2) is 4.98 Å². The van der Waals surface area contributed by atoms with Crippen molar-refractivity contribution in [1.82, 2.24) is 19.8 Å². The minimum Gasteiger partial charge on any atom is -0.356 e. The zero-order valence-corrected chi connectivity index (χ0v) is 17.9. The first-order valence-corrected chi connectivity index (χ1v) is 10.6. The highest BCUT2D eigenvalue weighted by atomic mass is 16.2. The lowest BCUT2D eigenvalue weighted by Gasteiger charge is -2.13. The Morgan fingerprint density at radius 1 is 0.968 bits per heavy atom. The summed E-state index contributed by atoms with van der Waals surface area (Å²) in [5.41, 5.74) is 3.92. The van der Waals surface area contributed by atoms with Gasteiger partial charge in [-0.05, 0) is 51.0 Å². The van der Waals surface area contributed by atoms with Crippen LogP contribution in [0, 0.1) is 13.8 Å². The maximum atomic E-state index is 12.5. The van der Waals surface area contributed by atoms with Crippen LogP contribution in [-0.4, -0.2) is 45.3 Å². The van der Waals surface area contributed by atoms with Crippen LogP contribution in [0.15, 0.2) is 42.5 Å². The number of benzene rings is 2. The molecule has 0 aliphatic carbocycles. The molecule has 7 nitrogen and oxygen atoms in total. The molecule has 1 aromatic heterocycles. The molecule has 3 amide bonds. The van der Waals surface area contributed by atoms with Gasteiger partial charge in [-0.3, -0.25) is 19.3 Å². The molecule has 0 fully saturated rings. The highest BCUT2D eigenvalue weighted by molar-refractivity contribution is 6.21. The van der Waals surface area contributed by atoms with E-state index >= 15 is 0 Å². The van der Waals surface area contributed by atoms with Gasteiger partial charge in [-0.2, -0.15) is 0 Å². The van der Waals surface area contributed by atoms with Gasteiger partial charge >= 0.3 is 0 Å². The van der Waals surface area contributed by atoms with E-state index in [4.69, 9.17) is 0 Å². The number of rotatable bonds is 8. The van der Waals surface area contributed by atoms with Crippen molar-refractivity contribution in [2.75, 3.05) is 13.1 Å². The summed E-state index contributed by atoms with van der Waals surface area (Å²) in [6.45, 7) is 5.47. The van der Waals surface area contributed by atoms with Crippen molar-refractivity contribution in [2.45, 2.75) is 39.7 Å². The monoisotopic (exact) mass is 418 g/mol. The van der Waals surface area contributed by atoms with Gasteiger partial charge in [0.25, 0.3) is 11.8 Å². The van der Waals surface area contributed by atoms with Crippen LogP contribution in [0.1, 0.15) is 51.4 Å². The minimum absolute atomic E-state index is 0.0698. The summed E-state index contributed by atoms with van der Waals surface area (Å²) in [6.07, 6.45) is 1.52. The van der Waals surface area contributed by atoms with Crippen LogP contribution >= 0.6 is 0 Å². The third-order valence-corrected chi connectivity index (χ3v) is 5.64. The van der Waals surface area contributed by atoms with E-state index in [0.717, 1.165) is 35.4 Å². The molecular weight excluding hydrogens is 392 g/mol. The highest BCUT2D eigenvalue weighted by Crippen LogP contribution is 2.24. The van der Waals surface area contributed by atoms with Gasteiger partial charge in [0, 0.05) is 26.1 Å². The third kappa shape index (κ3) is 4.21. The fourth-order valence-corrected chi connectivity index (χ4v) is 4.04. The van der Waals surface area contributed by atoms with Crippen LogP contribution in [0.25, 0.3) is 11.0 Å². The van der Waals surface area contributed by atoms with Gasteiger partial charge < -0.3 is 9.88 Å². The lowest BCUT2D eigenvalue weighted by Crippen LogP contribution is -2.32. The molecule has 0 bridgehead atoms. The molecule has 0 saturated carbocycles. The van der Waals surface area contributed by atoms with E-state index in [1.165, 1.54) is 4.90 Å². The molecule has 7 heteroatoms. The first-order valence-electron chi connectivity index (χ1n) is 10.6. The molecule has 2 aromatic carbocycles. The number of nitrogens with zero attached hydrogens (tertiary/aromatic N) is 3. The number of aromatic nitrogens is 2. The summed E-state index contributed by atoms with van der Waals surface area (Å²) in [5, 5.41) is 2.92. The van der Waals surface area contributed by atoms with Crippen molar-refractivity contribution in [3.05, 3.63) is 65.0 Å². The molecule has 0 radical (unpaired) electrons. The van der Waals surface area contributed by atoms with Crippen LogP contribution in [-0.2, 0) is 11.3 Å². The Kier molecular flexibility index (Phi) is 5.84. The quantitative estimate of drug-likeness (QED) is 0.450. The molecule has 160 valence electrons. The average molecular weight is 418 g/mol. The largest absolute Gasteiger partial charge is 0.356 e. The first-order chi connectivity index (χ1) is 15.0. The maximum Gasteiger partial charge on any atom is 0.261 e. The zero-order chi connectivity index (χ0) is 22.0. The molecule has 0 spiro atoms. The Hall–Kier alpha value is -3.48. The summed E-state index contributed by atoms with van der Waals surface area (Å²) >= 11 is 0. The van der Waals surface area contributed by atoms with Gasteiger partial charge in [0.1, 0.15) is 5.82 Å². The molecule has 31 heavy (non-hydrogen) atoms. The van der Waals surface area contributed by atoms with Crippen molar-refractivity contribution in [2.24, 2.45) is 0 Å². The Morgan fingerprint density at radius 3 is 2.58 bits per heavy atom.